The molecule has 0 aromatic carbocycles. The van der Waals surface area contributed by atoms with Crippen LogP contribution in [0.3, 0.4) is 0 Å². The third-order valence-corrected chi connectivity index (χ3v) is 2.94. The van der Waals surface area contributed by atoms with Gasteiger partial charge in [-0.05, 0) is 25.7 Å². The highest BCUT2D eigenvalue weighted by atomic mass is 16.1. The van der Waals surface area contributed by atoms with Gasteiger partial charge in [0.1, 0.15) is 12.1 Å². The van der Waals surface area contributed by atoms with Crippen molar-refractivity contribution in [3.05, 3.63) is 0 Å². The molecule has 0 aromatic heterocycles. The Morgan fingerprint density at radius 3 is 2.42 bits per heavy atom. The molecule has 1 fully saturated rings. The number of rotatable bonds is 2. The third-order valence-electron chi connectivity index (χ3n) is 2.94. The van der Waals surface area contributed by atoms with E-state index in [1.165, 1.54) is 0 Å². The molecule has 0 saturated heterocycles. The molecule has 0 N–H and O–H groups in total. The van der Waals surface area contributed by atoms with E-state index in [2.05, 4.69) is 0 Å². The summed E-state index contributed by atoms with van der Waals surface area (Å²) < 4.78 is 0. The van der Waals surface area contributed by atoms with E-state index in [0.717, 1.165) is 19.1 Å². The zero-order valence-electron chi connectivity index (χ0n) is 7.96. The number of hydrogen-bond acceptors (Lipinski definition) is 2. The van der Waals surface area contributed by atoms with Crippen LogP contribution in [0.1, 0.15) is 33.6 Å². The SMILES string of the molecule is CC(C)[C@@H]1CC[C@](C)(C=O)C1=O. The first kappa shape index (κ1) is 9.43. The molecule has 2 atom stereocenters. The van der Waals surface area contributed by atoms with Gasteiger partial charge in [-0.2, -0.15) is 0 Å². The van der Waals surface area contributed by atoms with Crippen molar-refractivity contribution < 1.29 is 9.59 Å². The summed E-state index contributed by atoms with van der Waals surface area (Å²) in [5.74, 6) is 0.631. The average molecular weight is 168 g/mol. The van der Waals surface area contributed by atoms with Gasteiger partial charge in [0.15, 0.2) is 0 Å². The first-order valence-electron chi connectivity index (χ1n) is 4.52. The van der Waals surface area contributed by atoms with Gasteiger partial charge in [0, 0.05) is 5.92 Å². The first-order chi connectivity index (χ1) is 5.51. The second kappa shape index (κ2) is 3.00. The molecule has 0 heterocycles. The van der Waals surface area contributed by atoms with Gasteiger partial charge in [0.25, 0.3) is 0 Å². The van der Waals surface area contributed by atoms with Crippen molar-refractivity contribution >= 4 is 12.1 Å². The first-order valence-corrected chi connectivity index (χ1v) is 4.52. The Morgan fingerprint density at radius 1 is 1.58 bits per heavy atom. The fourth-order valence-electron chi connectivity index (χ4n) is 1.89. The topological polar surface area (TPSA) is 34.1 Å². The molecule has 0 radical (unpaired) electrons. The van der Waals surface area contributed by atoms with Crippen molar-refractivity contribution in [1.82, 2.24) is 0 Å². The zero-order chi connectivity index (χ0) is 9.35. The van der Waals surface area contributed by atoms with Gasteiger partial charge in [-0.3, -0.25) is 4.79 Å². The Balaban J connectivity index is 2.80. The van der Waals surface area contributed by atoms with E-state index in [4.69, 9.17) is 0 Å². The molecule has 1 aliphatic rings. The molecule has 1 rings (SSSR count). The molecule has 12 heavy (non-hydrogen) atoms. The molecular formula is C10H16O2. The lowest BCUT2D eigenvalue weighted by Gasteiger charge is -2.16. The maximum Gasteiger partial charge on any atom is 0.149 e. The molecule has 0 spiro atoms. The predicted molar refractivity (Wildman–Crippen MR) is 46.7 cm³/mol. The maximum absolute atomic E-state index is 11.7. The van der Waals surface area contributed by atoms with Gasteiger partial charge in [-0.15, -0.1) is 0 Å². The minimum atomic E-state index is -0.672. The molecule has 2 heteroatoms. The van der Waals surface area contributed by atoms with Crippen molar-refractivity contribution in [1.29, 1.82) is 0 Å². The van der Waals surface area contributed by atoms with Gasteiger partial charge >= 0.3 is 0 Å². The molecule has 0 aromatic rings. The third kappa shape index (κ3) is 1.30. The molecule has 0 unspecified atom stereocenters. The van der Waals surface area contributed by atoms with Crippen LogP contribution in [0.5, 0.6) is 0 Å². The van der Waals surface area contributed by atoms with Gasteiger partial charge in [0.05, 0.1) is 5.41 Å². The zero-order valence-corrected chi connectivity index (χ0v) is 7.96. The molecular weight excluding hydrogens is 152 g/mol. The predicted octanol–water partition coefficient (Wildman–Crippen LogP) is 1.83. The average Bonchev–Trinajstić information content (AvgIpc) is 2.30. The van der Waals surface area contributed by atoms with Crippen molar-refractivity contribution in [3.63, 3.8) is 0 Å². The van der Waals surface area contributed by atoms with E-state index in [0.29, 0.717) is 5.92 Å². The number of ketones is 1. The monoisotopic (exact) mass is 168 g/mol. The summed E-state index contributed by atoms with van der Waals surface area (Å²) in [4.78, 5) is 22.4. The number of hydrogen-bond donors (Lipinski definition) is 0. The van der Waals surface area contributed by atoms with E-state index in [-0.39, 0.29) is 11.7 Å². The van der Waals surface area contributed by atoms with E-state index < -0.39 is 5.41 Å². The van der Waals surface area contributed by atoms with E-state index in [1.807, 2.05) is 13.8 Å². The Hall–Kier alpha value is -0.660. The van der Waals surface area contributed by atoms with Crippen LogP contribution in [0.25, 0.3) is 0 Å². The fraction of sp³-hybridized carbons (Fsp3) is 0.800. The van der Waals surface area contributed by atoms with Crippen LogP contribution in [0, 0.1) is 17.3 Å². The van der Waals surface area contributed by atoms with E-state index in [1.54, 1.807) is 6.92 Å². The summed E-state index contributed by atoms with van der Waals surface area (Å²) in [6.45, 7) is 5.84. The molecule has 1 saturated carbocycles. The van der Waals surface area contributed by atoms with Crippen molar-refractivity contribution in [3.8, 4) is 0 Å². The molecule has 0 amide bonds. The van der Waals surface area contributed by atoms with Crippen LogP contribution >= 0.6 is 0 Å². The largest absolute Gasteiger partial charge is 0.302 e. The Bertz CT molecular complexity index is 208. The minimum absolute atomic E-state index is 0.111. The van der Waals surface area contributed by atoms with Crippen LogP contribution in [0.2, 0.25) is 0 Å². The summed E-state index contributed by atoms with van der Waals surface area (Å²) in [5, 5.41) is 0. The smallest absolute Gasteiger partial charge is 0.149 e. The molecule has 2 nitrogen and oxygen atoms in total. The minimum Gasteiger partial charge on any atom is -0.302 e. The number of carbonyl (C=O) groups excluding carboxylic acids is 2. The Labute approximate surface area is 73.3 Å². The van der Waals surface area contributed by atoms with Gasteiger partial charge in [-0.25, -0.2) is 0 Å². The van der Waals surface area contributed by atoms with Gasteiger partial charge < -0.3 is 4.79 Å². The van der Waals surface area contributed by atoms with Crippen LogP contribution in [0.4, 0.5) is 0 Å². The quantitative estimate of drug-likeness (QED) is 0.465. The Morgan fingerprint density at radius 2 is 2.17 bits per heavy atom. The summed E-state index contributed by atoms with van der Waals surface area (Å²) in [7, 11) is 0. The lowest BCUT2D eigenvalue weighted by atomic mass is 9.85. The maximum atomic E-state index is 11.7. The normalized spacial score (nSPS) is 36.0. The van der Waals surface area contributed by atoms with Crippen molar-refractivity contribution in [2.45, 2.75) is 33.6 Å². The second-order valence-corrected chi connectivity index (χ2v) is 4.29. The van der Waals surface area contributed by atoms with Crippen LogP contribution in [-0.4, -0.2) is 12.1 Å². The molecule has 0 aliphatic heterocycles. The number of carbonyl (C=O) groups is 2. The highest BCUT2D eigenvalue weighted by Crippen LogP contribution is 2.39. The summed E-state index contributed by atoms with van der Waals surface area (Å²) in [6, 6.07) is 0. The van der Waals surface area contributed by atoms with Crippen molar-refractivity contribution in [2.75, 3.05) is 0 Å². The molecule has 68 valence electrons. The van der Waals surface area contributed by atoms with Crippen LogP contribution in [0.15, 0.2) is 0 Å². The van der Waals surface area contributed by atoms with Crippen molar-refractivity contribution in [2.24, 2.45) is 17.3 Å². The van der Waals surface area contributed by atoms with Crippen LogP contribution in [-0.2, 0) is 9.59 Å². The lowest BCUT2D eigenvalue weighted by molar-refractivity contribution is -0.133. The highest BCUT2D eigenvalue weighted by Gasteiger charge is 2.44. The molecule has 0 bridgehead atoms. The number of aldehydes is 1. The fourth-order valence-corrected chi connectivity index (χ4v) is 1.89. The summed E-state index contributed by atoms with van der Waals surface area (Å²) in [5.41, 5.74) is -0.672. The van der Waals surface area contributed by atoms with Gasteiger partial charge in [-0.1, -0.05) is 13.8 Å². The van der Waals surface area contributed by atoms with E-state index >= 15 is 0 Å². The highest BCUT2D eigenvalue weighted by molar-refractivity contribution is 6.00. The molecule has 1 aliphatic carbocycles. The lowest BCUT2D eigenvalue weighted by Crippen LogP contribution is -2.28. The van der Waals surface area contributed by atoms with Gasteiger partial charge in [0.2, 0.25) is 0 Å². The Kier molecular flexibility index (Phi) is 2.36. The number of Topliss-reactive ketones (excluding diaryl/α,β-unsaturated/α-hetero) is 1. The standard InChI is InChI=1S/C10H16O2/c1-7(2)8-4-5-10(3,6-11)9(8)12/h6-8H,4-5H2,1-3H3/t8-,10+/m0/s1. The van der Waals surface area contributed by atoms with Crippen LogP contribution < -0.4 is 0 Å². The second-order valence-electron chi connectivity index (χ2n) is 4.29. The summed E-state index contributed by atoms with van der Waals surface area (Å²) >= 11 is 0. The van der Waals surface area contributed by atoms with E-state index in [9.17, 15) is 9.59 Å². The summed E-state index contributed by atoms with van der Waals surface area (Å²) in [6.07, 6.45) is 2.43.